The first-order chi connectivity index (χ1) is 10.1. The highest BCUT2D eigenvalue weighted by Gasteiger charge is 2.08. The van der Waals surface area contributed by atoms with Gasteiger partial charge in [0, 0.05) is 5.69 Å². The van der Waals surface area contributed by atoms with Gasteiger partial charge in [0.1, 0.15) is 5.75 Å². The van der Waals surface area contributed by atoms with Gasteiger partial charge < -0.3 is 15.4 Å². The van der Waals surface area contributed by atoms with E-state index >= 15 is 0 Å². The van der Waals surface area contributed by atoms with Crippen LogP contribution in [0.3, 0.4) is 0 Å². The fourth-order valence-electron chi connectivity index (χ4n) is 2.16. The summed E-state index contributed by atoms with van der Waals surface area (Å²) in [6, 6.07) is 13.5. The van der Waals surface area contributed by atoms with E-state index in [9.17, 15) is 4.79 Å². The fourth-order valence-corrected chi connectivity index (χ4v) is 2.16. The monoisotopic (exact) mass is 284 g/mol. The number of para-hydroxylation sites is 3. The molecule has 0 atom stereocenters. The summed E-state index contributed by atoms with van der Waals surface area (Å²) in [5.74, 6) is 0.635. The van der Waals surface area contributed by atoms with Crippen molar-refractivity contribution >= 4 is 17.3 Å². The highest BCUT2D eigenvalue weighted by molar-refractivity contribution is 5.95. The molecule has 21 heavy (non-hydrogen) atoms. The summed E-state index contributed by atoms with van der Waals surface area (Å²) in [5, 5.41) is 6.03. The van der Waals surface area contributed by atoms with Gasteiger partial charge in [-0.1, -0.05) is 30.3 Å². The van der Waals surface area contributed by atoms with Gasteiger partial charge in [-0.25, -0.2) is 0 Å². The summed E-state index contributed by atoms with van der Waals surface area (Å²) in [7, 11) is 1.61. The molecule has 2 rings (SSSR count). The maximum absolute atomic E-state index is 12.1. The SMILES string of the molecule is COc1ccccc1NCC(=O)Nc1c(C)cccc1C. The van der Waals surface area contributed by atoms with Crippen LogP contribution in [0.15, 0.2) is 42.5 Å². The number of nitrogens with one attached hydrogen (secondary N) is 2. The highest BCUT2D eigenvalue weighted by atomic mass is 16.5. The lowest BCUT2D eigenvalue weighted by atomic mass is 10.1. The first-order valence-electron chi connectivity index (χ1n) is 6.84. The van der Waals surface area contributed by atoms with E-state index in [1.54, 1.807) is 7.11 Å². The van der Waals surface area contributed by atoms with Gasteiger partial charge in [-0.3, -0.25) is 4.79 Å². The fraction of sp³-hybridized carbons (Fsp3) is 0.235. The second-order valence-corrected chi connectivity index (χ2v) is 4.87. The van der Waals surface area contributed by atoms with Crippen molar-refractivity contribution in [1.82, 2.24) is 0 Å². The number of carbonyl (C=O) groups excluding carboxylic acids is 1. The molecule has 0 heterocycles. The molecule has 0 saturated heterocycles. The van der Waals surface area contributed by atoms with Crippen molar-refractivity contribution in [2.45, 2.75) is 13.8 Å². The number of hydrogen-bond donors (Lipinski definition) is 2. The zero-order valence-electron chi connectivity index (χ0n) is 12.6. The lowest BCUT2D eigenvalue weighted by molar-refractivity contribution is -0.114. The topological polar surface area (TPSA) is 50.4 Å². The van der Waals surface area contributed by atoms with E-state index in [2.05, 4.69) is 10.6 Å². The largest absolute Gasteiger partial charge is 0.495 e. The number of aryl methyl sites for hydroxylation is 2. The second kappa shape index (κ2) is 6.79. The van der Waals surface area contributed by atoms with E-state index in [-0.39, 0.29) is 12.5 Å². The van der Waals surface area contributed by atoms with Crippen molar-refractivity contribution in [3.63, 3.8) is 0 Å². The molecule has 0 aliphatic rings. The number of hydrogen-bond acceptors (Lipinski definition) is 3. The van der Waals surface area contributed by atoms with E-state index in [1.165, 1.54) is 0 Å². The average molecular weight is 284 g/mol. The van der Waals surface area contributed by atoms with E-state index in [1.807, 2.05) is 56.3 Å². The van der Waals surface area contributed by atoms with Crippen LogP contribution in [0, 0.1) is 13.8 Å². The molecule has 1 amide bonds. The van der Waals surface area contributed by atoms with Crippen molar-refractivity contribution < 1.29 is 9.53 Å². The molecule has 4 heteroatoms. The Hall–Kier alpha value is -2.49. The van der Waals surface area contributed by atoms with Gasteiger partial charge in [0.05, 0.1) is 19.3 Å². The van der Waals surface area contributed by atoms with Crippen LogP contribution < -0.4 is 15.4 Å². The number of amides is 1. The minimum absolute atomic E-state index is 0.0849. The van der Waals surface area contributed by atoms with Gasteiger partial charge in [-0.2, -0.15) is 0 Å². The molecule has 0 spiro atoms. The van der Waals surface area contributed by atoms with Crippen LogP contribution in [0.5, 0.6) is 5.75 Å². The third kappa shape index (κ3) is 3.75. The molecular weight excluding hydrogens is 264 g/mol. The molecule has 0 bridgehead atoms. The first kappa shape index (κ1) is 14.9. The molecule has 0 aromatic heterocycles. The Balaban J connectivity index is 1.99. The molecular formula is C17H20N2O2. The molecule has 0 aliphatic heterocycles. The standard InChI is InChI=1S/C17H20N2O2/c1-12-7-6-8-13(2)17(12)19-16(20)11-18-14-9-4-5-10-15(14)21-3/h4-10,18H,11H2,1-3H3,(H,19,20). The van der Waals surface area contributed by atoms with Gasteiger partial charge in [0.25, 0.3) is 0 Å². The van der Waals surface area contributed by atoms with Gasteiger partial charge >= 0.3 is 0 Å². The maximum Gasteiger partial charge on any atom is 0.243 e. The summed E-state index contributed by atoms with van der Waals surface area (Å²) in [5.41, 5.74) is 3.79. The van der Waals surface area contributed by atoms with Gasteiger partial charge in [-0.15, -0.1) is 0 Å². The minimum Gasteiger partial charge on any atom is -0.495 e. The Labute approximate surface area is 125 Å². The highest BCUT2D eigenvalue weighted by Crippen LogP contribution is 2.23. The van der Waals surface area contributed by atoms with Crippen LogP contribution in [0.25, 0.3) is 0 Å². The number of carbonyl (C=O) groups is 1. The van der Waals surface area contributed by atoms with E-state index in [4.69, 9.17) is 4.74 Å². The summed E-state index contributed by atoms with van der Waals surface area (Å²) >= 11 is 0. The van der Waals surface area contributed by atoms with Gasteiger partial charge in [0.15, 0.2) is 0 Å². The molecule has 0 aliphatic carbocycles. The molecule has 2 aromatic rings. The Morgan fingerprint density at radius 3 is 2.38 bits per heavy atom. The minimum atomic E-state index is -0.0849. The van der Waals surface area contributed by atoms with Crippen molar-refractivity contribution in [3.8, 4) is 5.75 Å². The predicted molar refractivity (Wildman–Crippen MR) is 86.0 cm³/mol. The number of rotatable bonds is 5. The van der Waals surface area contributed by atoms with E-state index < -0.39 is 0 Å². The smallest absolute Gasteiger partial charge is 0.243 e. The summed E-state index contributed by atoms with van der Waals surface area (Å²) < 4.78 is 5.24. The predicted octanol–water partition coefficient (Wildman–Crippen LogP) is 3.36. The Morgan fingerprint density at radius 1 is 1.05 bits per heavy atom. The van der Waals surface area contributed by atoms with Crippen LogP contribution in [0.2, 0.25) is 0 Å². The van der Waals surface area contributed by atoms with Crippen LogP contribution in [0.1, 0.15) is 11.1 Å². The van der Waals surface area contributed by atoms with Crippen molar-refractivity contribution in [1.29, 1.82) is 0 Å². The molecule has 2 N–H and O–H groups in total. The third-order valence-electron chi connectivity index (χ3n) is 3.29. The molecule has 0 unspecified atom stereocenters. The first-order valence-corrected chi connectivity index (χ1v) is 6.84. The Kier molecular flexibility index (Phi) is 4.82. The normalized spacial score (nSPS) is 10.0. The lowest BCUT2D eigenvalue weighted by Crippen LogP contribution is -2.22. The van der Waals surface area contributed by atoms with Gasteiger partial charge in [0.2, 0.25) is 5.91 Å². The quantitative estimate of drug-likeness (QED) is 0.885. The molecule has 110 valence electrons. The maximum atomic E-state index is 12.1. The van der Waals surface area contributed by atoms with Gasteiger partial charge in [-0.05, 0) is 37.1 Å². The van der Waals surface area contributed by atoms with E-state index in [0.29, 0.717) is 0 Å². The summed E-state index contributed by atoms with van der Waals surface area (Å²) in [4.78, 5) is 12.1. The van der Waals surface area contributed by atoms with Crippen molar-refractivity contribution in [3.05, 3.63) is 53.6 Å². The van der Waals surface area contributed by atoms with Crippen LogP contribution >= 0.6 is 0 Å². The Morgan fingerprint density at radius 2 is 1.71 bits per heavy atom. The molecule has 2 aromatic carbocycles. The average Bonchev–Trinajstić information content (AvgIpc) is 2.49. The van der Waals surface area contributed by atoms with E-state index in [0.717, 1.165) is 28.3 Å². The Bertz CT molecular complexity index is 618. The zero-order chi connectivity index (χ0) is 15.2. The number of ether oxygens (including phenoxy) is 1. The molecule has 0 radical (unpaired) electrons. The molecule has 0 saturated carbocycles. The zero-order valence-corrected chi connectivity index (χ0v) is 12.6. The number of benzene rings is 2. The molecule has 0 fully saturated rings. The number of methoxy groups -OCH3 is 1. The summed E-state index contributed by atoms with van der Waals surface area (Å²) in [6.07, 6.45) is 0. The van der Waals surface area contributed by atoms with Crippen molar-refractivity contribution in [2.24, 2.45) is 0 Å². The van der Waals surface area contributed by atoms with Crippen LogP contribution in [-0.2, 0) is 4.79 Å². The summed E-state index contributed by atoms with van der Waals surface area (Å²) in [6.45, 7) is 4.15. The second-order valence-electron chi connectivity index (χ2n) is 4.87. The lowest BCUT2D eigenvalue weighted by Gasteiger charge is -2.13. The number of anilines is 2. The van der Waals surface area contributed by atoms with Crippen LogP contribution in [-0.4, -0.2) is 19.6 Å². The third-order valence-corrected chi connectivity index (χ3v) is 3.29. The molecule has 4 nitrogen and oxygen atoms in total. The van der Waals surface area contributed by atoms with Crippen LogP contribution in [0.4, 0.5) is 11.4 Å². The van der Waals surface area contributed by atoms with Crippen molar-refractivity contribution in [2.75, 3.05) is 24.3 Å².